The van der Waals surface area contributed by atoms with E-state index in [4.69, 9.17) is 10.5 Å². The Bertz CT molecular complexity index is 567. The summed E-state index contributed by atoms with van der Waals surface area (Å²) in [5.74, 6) is 1.44. The smallest absolute Gasteiger partial charge is 0.127 e. The third kappa shape index (κ3) is 3.28. The summed E-state index contributed by atoms with van der Waals surface area (Å²) in [5.41, 5.74) is 8.16. The van der Waals surface area contributed by atoms with E-state index in [9.17, 15) is 0 Å². The van der Waals surface area contributed by atoms with Crippen molar-refractivity contribution in [3.8, 4) is 11.4 Å². The van der Waals surface area contributed by atoms with Crippen LogP contribution in [-0.4, -0.2) is 16.9 Å². The Morgan fingerprint density at radius 3 is 2.63 bits per heavy atom. The van der Waals surface area contributed by atoms with E-state index in [2.05, 4.69) is 25.9 Å². The van der Waals surface area contributed by atoms with Crippen LogP contribution in [0.15, 0.2) is 30.3 Å². The van der Waals surface area contributed by atoms with Gasteiger partial charge in [-0.3, -0.25) is 0 Å². The fraction of sp³-hybridized carbons (Fsp3) is 0.400. The third-order valence-corrected chi connectivity index (χ3v) is 2.80. The van der Waals surface area contributed by atoms with Crippen molar-refractivity contribution < 1.29 is 4.74 Å². The van der Waals surface area contributed by atoms with Gasteiger partial charge >= 0.3 is 0 Å². The van der Waals surface area contributed by atoms with E-state index in [-0.39, 0.29) is 5.41 Å². The van der Waals surface area contributed by atoms with Gasteiger partial charge in [0.25, 0.3) is 0 Å². The van der Waals surface area contributed by atoms with Gasteiger partial charge in [0, 0.05) is 12.1 Å². The molecular formula is C15H21N3O. The molecule has 1 heterocycles. The molecule has 0 bridgehead atoms. The van der Waals surface area contributed by atoms with Crippen molar-refractivity contribution in [1.29, 1.82) is 0 Å². The highest BCUT2D eigenvalue weighted by atomic mass is 16.5. The van der Waals surface area contributed by atoms with E-state index in [0.717, 1.165) is 23.6 Å². The van der Waals surface area contributed by atoms with Crippen molar-refractivity contribution in [3.05, 3.63) is 36.0 Å². The number of anilines is 1. The normalized spacial score (nSPS) is 11.6. The van der Waals surface area contributed by atoms with Gasteiger partial charge in [0.1, 0.15) is 11.6 Å². The zero-order valence-corrected chi connectivity index (χ0v) is 12.0. The van der Waals surface area contributed by atoms with Crippen LogP contribution < -0.4 is 10.5 Å². The molecule has 0 atom stereocenters. The summed E-state index contributed by atoms with van der Waals surface area (Å²) < 4.78 is 6.98. The van der Waals surface area contributed by atoms with Gasteiger partial charge in [-0.25, -0.2) is 4.68 Å². The molecule has 0 saturated carbocycles. The van der Waals surface area contributed by atoms with Crippen molar-refractivity contribution in [2.75, 3.05) is 12.8 Å². The molecule has 19 heavy (non-hydrogen) atoms. The molecule has 0 spiro atoms. The SMILES string of the molecule is COc1cccc(-n2nc(CC(C)(C)C)cc2N)c1. The predicted molar refractivity (Wildman–Crippen MR) is 77.7 cm³/mol. The van der Waals surface area contributed by atoms with Gasteiger partial charge in [0.15, 0.2) is 0 Å². The Labute approximate surface area is 114 Å². The fourth-order valence-corrected chi connectivity index (χ4v) is 2.03. The van der Waals surface area contributed by atoms with Gasteiger partial charge in [-0.2, -0.15) is 5.10 Å². The second-order valence-corrected chi connectivity index (χ2v) is 5.91. The van der Waals surface area contributed by atoms with Crippen molar-refractivity contribution in [1.82, 2.24) is 9.78 Å². The highest BCUT2D eigenvalue weighted by Crippen LogP contribution is 2.24. The molecule has 0 aliphatic heterocycles. The summed E-state index contributed by atoms with van der Waals surface area (Å²) in [6, 6.07) is 9.65. The van der Waals surface area contributed by atoms with Crippen molar-refractivity contribution in [3.63, 3.8) is 0 Å². The first kappa shape index (κ1) is 13.5. The summed E-state index contributed by atoms with van der Waals surface area (Å²) in [7, 11) is 1.65. The molecule has 2 rings (SSSR count). The Morgan fingerprint density at radius 2 is 2.00 bits per heavy atom. The van der Waals surface area contributed by atoms with E-state index < -0.39 is 0 Å². The molecule has 2 N–H and O–H groups in total. The predicted octanol–water partition coefficient (Wildman–Crippen LogP) is 3.05. The number of nitrogens with zero attached hydrogens (tertiary/aromatic N) is 2. The minimum absolute atomic E-state index is 0.194. The first-order valence-corrected chi connectivity index (χ1v) is 6.38. The molecule has 0 amide bonds. The lowest BCUT2D eigenvalue weighted by atomic mass is 9.91. The molecule has 4 nitrogen and oxygen atoms in total. The highest BCUT2D eigenvalue weighted by molar-refractivity contribution is 5.46. The number of aromatic nitrogens is 2. The average molecular weight is 259 g/mol. The van der Waals surface area contributed by atoms with Gasteiger partial charge in [-0.15, -0.1) is 0 Å². The Balaban J connectivity index is 2.34. The maximum atomic E-state index is 6.04. The number of benzene rings is 1. The Hall–Kier alpha value is -1.97. The topological polar surface area (TPSA) is 53.1 Å². The maximum absolute atomic E-state index is 6.04. The van der Waals surface area contributed by atoms with E-state index in [0.29, 0.717) is 5.82 Å². The summed E-state index contributed by atoms with van der Waals surface area (Å²) in [4.78, 5) is 0. The average Bonchev–Trinajstić information content (AvgIpc) is 2.68. The van der Waals surface area contributed by atoms with E-state index in [1.165, 1.54) is 0 Å². The van der Waals surface area contributed by atoms with E-state index >= 15 is 0 Å². The van der Waals surface area contributed by atoms with Gasteiger partial charge in [0.2, 0.25) is 0 Å². The van der Waals surface area contributed by atoms with Crippen molar-refractivity contribution in [2.24, 2.45) is 5.41 Å². The van der Waals surface area contributed by atoms with Crippen LogP contribution in [0.25, 0.3) is 5.69 Å². The van der Waals surface area contributed by atoms with E-state index in [1.807, 2.05) is 30.3 Å². The summed E-state index contributed by atoms with van der Waals surface area (Å²) in [5, 5.41) is 4.58. The monoisotopic (exact) mass is 259 g/mol. The number of rotatable bonds is 3. The Kier molecular flexibility index (Phi) is 3.51. The quantitative estimate of drug-likeness (QED) is 0.921. The molecule has 0 aliphatic carbocycles. The molecule has 4 heteroatoms. The zero-order chi connectivity index (χ0) is 14.0. The maximum Gasteiger partial charge on any atom is 0.127 e. The second kappa shape index (κ2) is 4.96. The number of nitrogens with two attached hydrogens (primary N) is 1. The number of ether oxygens (including phenoxy) is 1. The van der Waals surface area contributed by atoms with Crippen LogP contribution >= 0.6 is 0 Å². The van der Waals surface area contributed by atoms with Crippen LogP contribution in [0.3, 0.4) is 0 Å². The van der Waals surface area contributed by atoms with Gasteiger partial charge in [0.05, 0.1) is 18.5 Å². The molecule has 1 aromatic heterocycles. The lowest BCUT2D eigenvalue weighted by molar-refractivity contribution is 0.405. The van der Waals surface area contributed by atoms with Crippen LogP contribution in [0.5, 0.6) is 5.75 Å². The minimum atomic E-state index is 0.194. The molecule has 102 valence electrons. The van der Waals surface area contributed by atoms with Crippen LogP contribution in [0.4, 0.5) is 5.82 Å². The first-order chi connectivity index (χ1) is 8.89. The molecule has 0 radical (unpaired) electrons. The summed E-state index contributed by atoms with van der Waals surface area (Å²) in [6.45, 7) is 6.56. The van der Waals surface area contributed by atoms with Crippen LogP contribution in [0.1, 0.15) is 26.5 Å². The number of hydrogen-bond acceptors (Lipinski definition) is 3. The van der Waals surface area contributed by atoms with E-state index in [1.54, 1.807) is 11.8 Å². The van der Waals surface area contributed by atoms with Gasteiger partial charge < -0.3 is 10.5 Å². The lowest BCUT2D eigenvalue weighted by Crippen LogP contribution is -2.10. The van der Waals surface area contributed by atoms with Crippen LogP contribution in [0.2, 0.25) is 0 Å². The van der Waals surface area contributed by atoms with Crippen molar-refractivity contribution in [2.45, 2.75) is 27.2 Å². The minimum Gasteiger partial charge on any atom is -0.497 e. The zero-order valence-electron chi connectivity index (χ0n) is 12.0. The molecule has 0 fully saturated rings. The third-order valence-electron chi connectivity index (χ3n) is 2.80. The fourth-order valence-electron chi connectivity index (χ4n) is 2.03. The summed E-state index contributed by atoms with van der Waals surface area (Å²) in [6.07, 6.45) is 0.897. The molecule has 0 saturated heterocycles. The molecule has 0 aliphatic rings. The molecule has 0 unspecified atom stereocenters. The second-order valence-electron chi connectivity index (χ2n) is 5.91. The van der Waals surface area contributed by atoms with Gasteiger partial charge in [-0.1, -0.05) is 26.8 Å². The highest BCUT2D eigenvalue weighted by Gasteiger charge is 2.15. The molecular weight excluding hydrogens is 238 g/mol. The Morgan fingerprint density at radius 1 is 1.26 bits per heavy atom. The summed E-state index contributed by atoms with van der Waals surface area (Å²) >= 11 is 0. The molecule has 1 aromatic carbocycles. The molecule has 2 aromatic rings. The number of hydrogen-bond donors (Lipinski definition) is 1. The lowest BCUT2D eigenvalue weighted by Gasteiger charge is -2.15. The largest absolute Gasteiger partial charge is 0.497 e. The van der Waals surface area contributed by atoms with Crippen LogP contribution in [-0.2, 0) is 6.42 Å². The standard InChI is InChI=1S/C15H21N3O/c1-15(2,3)10-11-8-14(16)18(17-11)12-6-5-7-13(9-12)19-4/h5-9H,10,16H2,1-4H3. The first-order valence-electron chi connectivity index (χ1n) is 6.38. The number of methoxy groups -OCH3 is 1. The van der Waals surface area contributed by atoms with Gasteiger partial charge in [-0.05, 0) is 24.0 Å². The number of nitrogen functional groups attached to an aromatic ring is 1. The van der Waals surface area contributed by atoms with Crippen LogP contribution in [0, 0.1) is 5.41 Å². The van der Waals surface area contributed by atoms with Crippen molar-refractivity contribution >= 4 is 5.82 Å².